The minimum atomic E-state index is -0.276. The first-order valence-electron chi connectivity index (χ1n) is 11.3. The average Bonchev–Trinajstić information content (AvgIpc) is 3.50. The summed E-state index contributed by atoms with van der Waals surface area (Å²) in [7, 11) is 0. The van der Waals surface area contributed by atoms with E-state index in [1.807, 2.05) is 32.2 Å². The second-order valence-corrected chi connectivity index (χ2v) is 9.85. The molecule has 2 atom stereocenters. The fourth-order valence-electron chi connectivity index (χ4n) is 3.53. The van der Waals surface area contributed by atoms with Crippen LogP contribution in [0.3, 0.4) is 0 Å². The zero-order valence-electron chi connectivity index (χ0n) is 19.5. The number of aryl methyl sites for hydroxylation is 1. The van der Waals surface area contributed by atoms with E-state index >= 15 is 0 Å². The molecular formula is C25H30N4O3S. The van der Waals surface area contributed by atoms with Gasteiger partial charge in [-0.2, -0.15) is 0 Å². The molecule has 1 amide bonds. The van der Waals surface area contributed by atoms with Crippen LogP contribution in [-0.4, -0.2) is 40.7 Å². The summed E-state index contributed by atoms with van der Waals surface area (Å²) in [5.74, 6) is 1.24. The van der Waals surface area contributed by atoms with Gasteiger partial charge in [0.05, 0.1) is 36.8 Å². The molecule has 174 valence electrons. The second kappa shape index (κ2) is 10.4. The van der Waals surface area contributed by atoms with Crippen LogP contribution >= 0.6 is 11.3 Å². The first-order valence-corrected chi connectivity index (χ1v) is 12.1. The van der Waals surface area contributed by atoms with Gasteiger partial charge in [0.15, 0.2) is 0 Å². The smallest absolute Gasteiger partial charge is 0.251 e. The third kappa shape index (κ3) is 5.94. The van der Waals surface area contributed by atoms with E-state index < -0.39 is 0 Å². The number of rotatable bonds is 8. The van der Waals surface area contributed by atoms with Crippen LogP contribution in [0.15, 0.2) is 36.8 Å². The molecule has 3 heterocycles. The van der Waals surface area contributed by atoms with Gasteiger partial charge in [-0.3, -0.25) is 14.8 Å². The quantitative estimate of drug-likeness (QED) is 0.506. The van der Waals surface area contributed by atoms with Gasteiger partial charge in [-0.05, 0) is 44.4 Å². The molecule has 1 aliphatic rings. The number of ether oxygens (including phenoxy) is 2. The van der Waals surface area contributed by atoms with Crippen molar-refractivity contribution in [1.82, 2.24) is 20.3 Å². The first kappa shape index (κ1) is 23.3. The molecule has 0 spiro atoms. The number of nitrogens with one attached hydrogen (secondary N) is 1. The summed E-state index contributed by atoms with van der Waals surface area (Å²) in [6, 6.07) is 5.35. The van der Waals surface area contributed by atoms with Gasteiger partial charge in [0.2, 0.25) is 0 Å². The third-order valence-electron chi connectivity index (χ3n) is 5.61. The van der Waals surface area contributed by atoms with E-state index in [0.717, 1.165) is 29.3 Å². The molecule has 0 radical (unpaired) electrons. The molecule has 7 nitrogen and oxygen atoms in total. The van der Waals surface area contributed by atoms with Crippen molar-refractivity contribution in [3.8, 4) is 16.3 Å². The van der Waals surface area contributed by atoms with E-state index in [2.05, 4.69) is 34.1 Å². The lowest BCUT2D eigenvalue weighted by molar-refractivity contribution is 0.0938. The summed E-state index contributed by atoms with van der Waals surface area (Å²) in [5, 5.41) is 3.90. The van der Waals surface area contributed by atoms with Crippen LogP contribution in [0, 0.1) is 12.8 Å². The van der Waals surface area contributed by atoms with Gasteiger partial charge < -0.3 is 14.8 Å². The van der Waals surface area contributed by atoms with Gasteiger partial charge in [-0.15, -0.1) is 11.3 Å². The number of aromatic nitrogens is 3. The van der Waals surface area contributed by atoms with Crippen LogP contribution in [0.5, 0.6) is 5.75 Å². The molecule has 1 saturated heterocycles. The normalized spacial score (nSPS) is 16.7. The Labute approximate surface area is 198 Å². The topological polar surface area (TPSA) is 86.2 Å². The molecule has 3 aromatic rings. The predicted octanol–water partition coefficient (Wildman–Crippen LogP) is 4.94. The molecule has 1 aromatic carbocycles. The highest BCUT2D eigenvalue weighted by Crippen LogP contribution is 2.33. The Bertz CT molecular complexity index is 1090. The summed E-state index contributed by atoms with van der Waals surface area (Å²) >= 11 is 1.64. The van der Waals surface area contributed by atoms with Crippen molar-refractivity contribution < 1.29 is 14.3 Å². The predicted molar refractivity (Wildman–Crippen MR) is 129 cm³/mol. The molecule has 33 heavy (non-hydrogen) atoms. The van der Waals surface area contributed by atoms with Gasteiger partial charge in [0.25, 0.3) is 5.91 Å². The molecule has 0 aliphatic carbocycles. The van der Waals surface area contributed by atoms with Crippen LogP contribution in [0.2, 0.25) is 0 Å². The Kier molecular flexibility index (Phi) is 7.35. The summed E-state index contributed by atoms with van der Waals surface area (Å²) in [4.78, 5) is 27.6. The van der Waals surface area contributed by atoms with E-state index in [4.69, 9.17) is 9.47 Å². The molecule has 1 N–H and O–H groups in total. The summed E-state index contributed by atoms with van der Waals surface area (Å²) < 4.78 is 11.5. The number of hydrogen-bond acceptors (Lipinski definition) is 7. The van der Waals surface area contributed by atoms with E-state index in [1.54, 1.807) is 29.8 Å². The number of carbonyl (C=O) groups is 1. The summed E-state index contributed by atoms with van der Waals surface area (Å²) in [6.45, 7) is 10.1. The molecule has 1 fully saturated rings. The second-order valence-electron chi connectivity index (χ2n) is 8.79. The Hall–Kier alpha value is -2.84. The molecule has 0 unspecified atom stereocenters. The molecule has 1 aliphatic heterocycles. The lowest BCUT2D eigenvalue weighted by Gasteiger charge is -2.16. The Balaban J connectivity index is 1.58. The molecule has 4 rings (SSSR count). The lowest BCUT2D eigenvalue weighted by atomic mass is 10.1. The van der Waals surface area contributed by atoms with Gasteiger partial charge in [0, 0.05) is 40.9 Å². The monoisotopic (exact) mass is 466 g/mol. The third-order valence-corrected chi connectivity index (χ3v) is 6.96. The number of carbonyl (C=O) groups excluding carboxylic acids is 1. The highest BCUT2D eigenvalue weighted by atomic mass is 32.1. The number of amides is 1. The summed E-state index contributed by atoms with van der Waals surface area (Å²) in [5.41, 5.74) is 2.95. The standard InChI is InChI=1S/C25H30N4O3S/c1-15(2)23-12-28-25(33-23)20-7-19(8-21(9-20)32-14-18-5-6-31-13-18)24(30)29-17(4)22-11-26-16(3)10-27-22/h7-12,15,17-18H,5-6,13-14H2,1-4H3,(H,29,30)/t17-,18-/m1/s1. The zero-order chi connectivity index (χ0) is 23.4. The van der Waals surface area contributed by atoms with Crippen molar-refractivity contribution >= 4 is 17.2 Å². The van der Waals surface area contributed by atoms with Crippen molar-refractivity contribution in [2.75, 3.05) is 19.8 Å². The number of hydrogen-bond donors (Lipinski definition) is 1. The fraction of sp³-hybridized carbons (Fsp3) is 0.440. The summed E-state index contributed by atoms with van der Waals surface area (Å²) in [6.07, 6.45) is 6.29. The first-order chi connectivity index (χ1) is 15.9. The minimum absolute atomic E-state index is 0.193. The Morgan fingerprint density at radius 1 is 1.18 bits per heavy atom. The van der Waals surface area contributed by atoms with Crippen LogP contribution in [0.25, 0.3) is 10.6 Å². The van der Waals surface area contributed by atoms with Gasteiger partial charge in [0.1, 0.15) is 10.8 Å². The van der Waals surface area contributed by atoms with E-state index in [1.165, 1.54) is 4.88 Å². The molecule has 0 saturated carbocycles. The largest absolute Gasteiger partial charge is 0.493 e. The molecular weight excluding hydrogens is 436 g/mol. The Morgan fingerprint density at radius 3 is 2.70 bits per heavy atom. The van der Waals surface area contributed by atoms with Crippen molar-refractivity contribution in [3.63, 3.8) is 0 Å². The maximum absolute atomic E-state index is 13.2. The molecule has 0 bridgehead atoms. The van der Waals surface area contributed by atoms with E-state index in [0.29, 0.717) is 42.1 Å². The van der Waals surface area contributed by atoms with Gasteiger partial charge in [-0.25, -0.2) is 4.98 Å². The van der Waals surface area contributed by atoms with Crippen LogP contribution < -0.4 is 10.1 Å². The van der Waals surface area contributed by atoms with Crippen LogP contribution in [0.4, 0.5) is 0 Å². The SMILES string of the molecule is Cc1cnc([C@@H](C)NC(=O)c2cc(OC[C@@H]3CCOC3)cc(-c3ncc(C(C)C)s3)c2)cn1. The fourth-order valence-corrected chi connectivity index (χ4v) is 4.44. The van der Waals surface area contributed by atoms with Crippen molar-refractivity contribution in [3.05, 3.63) is 58.6 Å². The lowest BCUT2D eigenvalue weighted by Crippen LogP contribution is -2.27. The number of benzene rings is 1. The van der Waals surface area contributed by atoms with Crippen LogP contribution in [-0.2, 0) is 4.74 Å². The molecule has 2 aromatic heterocycles. The van der Waals surface area contributed by atoms with Crippen molar-refractivity contribution in [2.24, 2.45) is 5.92 Å². The molecule has 8 heteroatoms. The van der Waals surface area contributed by atoms with Gasteiger partial charge in [-0.1, -0.05) is 13.8 Å². The zero-order valence-corrected chi connectivity index (χ0v) is 20.3. The van der Waals surface area contributed by atoms with Crippen molar-refractivity contribution in [1.29, 1.82) is 0 Å². The number of nitrogens with zero attached hydrogens (tertiary/aromatic N) is 3. The van der Waals surface area contributed by atoms with E-state index in [9.17, 15) is 4.79 Å². The van der Waals surface area contributed by atoms with Crippen molar-refractivity contribution in [2.45, 2.75) is 46.1 Å². The highest BCUT2D eigenvalue weighted by molar-refractivity contribution is 7.15. The Morgan fingerprint density at radius 2 is 2.03 bits per heavy atom. The minimum Gasteiger partial charge on any atom is -0.493 e. The highest BCUT2D eigenvalue weighted by Gasteiger charge is 2.19. The van der Waals surface area contributed by atoms with E-state index in [-0.39, 0.29) is 11.9 Å². The van der Waals surface area contributed by atoms with Gasteiger partial charge >= 0.3 is 0 Å². The maximum Gasteiger partial charge on any atom is 0.251 e. The average molecular weight is 467 g/mol. The van der Waals surface area contributed by atoms with Crippen LogP contribution in [0.1, 0.15) is 65.8 Å². The number of thiazole rings is 1. The maximum atomic E-state index is 13.2.